The van der Waals surface area contributed by atoms with Gasteiger partial charge in [0, 0.05) is 44.1 Å². The number of rotatable bonds is 7. The summed E-state index contributed by atoms with van der Waals surface area (Å²) in [5.41, 5.74) is 0.918. The standard InChI is InChI=1S/C24H32N2O5/c1-15(2)11-20(26-22(28)29)24(21(27)30-23(4,5)31-24)13-19-12-18(16(3)14-25-19)8-6-7-17-9-10-17/h12,14-15,17,20,26H,7,9-11,13H2,1-5H3,(H,28,29)/t20-,24+/m0/s1. The largest absolute Gasteiger partial charge is 0.465 e. The number of aryl methyl sites for hydroxylation is 1. The van der Waals surface area contributed by atoms with E-state index in [9.17, 15) is 14.7 Å². The van der Waals surface area contributed by atoms with Crippen LogP contribution in [-0.4, -0.2) is 39.6 Å². The van der Waals surface area contributed by atoms with Gasteiger partial charge >= 0.3 is 12.1 Å². The molecular weight excluding hydrogens is 396 g/mol. The molecule has 2 fully saturated rings. The Morgan fingerprint density at radius 1 is 1.39 bits per heavy atom. The van der Waals surface area contributed by atoms with E-state index in [1.54, 1.807) is 20.0 Å². The molecule has 0 aromatic carbocycles. The highest BCUT2D eigenvalue weighted by Crippen LogP contribution is 2.39. The third kappa shape index (κ3) is 5.76. The number of carbonyl (C=O) groups is 2. The average molecular weight is 429 g/mol. The Morgan fingerprint density at radius 2 is 2.10 bits per heavy atom. The number of cyclic esters (lactones) is 1. The van der Waals surface area contributed by atoms with Crippen LogP contribution < -0.4 is 5.32 Å². The Balaban J connectivity index is 1.95. The molecule has 3 rings (SSSR count). The SMILES string of the molecule is Cc1cnc(C[C@]2([C@H](CC(C)C)NC(=O)O)OC(C)(C)OC2=O)cc1C#CCC1CC1. The van der Waals surface area contributed by atoms with Crippen molar-refractivity contribution in [1.82, 2.24) is 10.3 Å². The van der Waals surface area contributed by atoms with Gasteiger partial charge in [0.15, 0.2) is 5.60 Å². The normalized spacial score (nSPS) is 23.1. The van der Waals surface area contributed by atoms with Gasteiger partial charge in [-0.1, -0.05) is 25.7 Å². The van der Waals surface area contributed by atoms with Crippen LogP contribution in [0.5, 0.6) is 0 Å². The van der Waals surface area contributed by atoms with E-state index in [0.29, 0.717) is 12.1 Å². The van der Waals surface area contributed by atoms with Gasteiger partial charge in [-0.2, -0.15) is 0 Å². The lowest BCUT2D eigenvalue weighted by Crippen LogP contribution is -2.58. The fourth-order valence-corrected chi connectivity index (χ4v) is 3.92. The third-order valence-electron chi connectivity index (χ3n) is 5.59. The molecule has 2 aliphatic rings. The molecule has 7 nitrogen and oxygen atoms in total. The zero-order chi connectivity index (χ0) is 22.8. The van der Waals surface area contributed by atoms with Crippen molar-refractivity contribution in [3.63, 3.8) is 0 Å². The molecule has 2 N–H and O–H groups in total. The minimum absolute atomic E-state index is 0.0878. The highest BCUT2D eigenvalue weighted by atomic mass is 16.8. The van der Waals surface area contributed by atoms with Crippen molar-refractivity contribution in [2.75, 3.05) is 0 Å². The summed E-state index contributed by atoms with van der Waals surface area (Å²) in [5.74, 6) is 5.57. The summed E-state index contributed by atoms with van der Waals surface area (Å²) in [4.78, 5) is 29.1. The van der Waals surface area contributed by atoms with E-state index >= 15 is 0 Å². The maximum atomic E-state index is 13.1. The predicted octanol–water partition coefficient (Wildman–Crippen LogP) is 3.81. The summed E-state index contributed by atoms with van der Waals surface area (Å²) in [6.07, 6.45) is 4.42. The molecule has 1 aliphatic heterocycles. The molecule has 1 aliphatic carbocycles. The molecule has 2 atom stereocenters. The van der Waals surface area contributed by atoms with Crippen LogP contribution in [-0.2, 0) is 20.7 Å². The minimum atomic E-state index is -1.51. The van der Waals surface area contributed by atoms with Gasteiger partial charge in [-0.25, -0.2) is 9.59 Å². The number of carbonyl (C=O) groups excluding carboxylic acids is 1. The van der Waals surface area contributed by atoms with E-state index in [2.05, 4.69) is 22.1 Å². The number of amides is 1. The summed E-state index contributed by atoms with van der Waals surface area (Å²) in [5, 5.41) is 11.9. The number of hydrogen-bond acceptors (Lipinski definition) is 5. The Labute approximate surface area is 183 Å². The second-order valence-electron chi connectivity index (χ2n) is 9.53. The summed E-state index contributed by atoms with van der Waals surface area (Å²) in [7, 11) is 0. The van der Waals surface area contributed by atoms with E-state index in [4.69, 9.17) is 9.47 Å². The van der Waals surface area contributed by atoms with Crippen molar-refractivity contribution in [2.45, 2.75) is 84.2 Å². The molecule has 31 heavy (non-hydrogen) atoms. The van der Waals surface area contributed by atoms with Crippen molar-refractivity contribution in [3.05, 3.63) is 29.1 Å². The van der Waals surface area contributed by atoms with Crippen LogP contribution in [0.1, 0.15) is 70.2 Å². The first-order valence-corrected chi connectivity index (χ1v) is 10.9. The smallest absolute Gasteiger partial charge is 0.404 e. The number of aromatic nitrogens is 1. The lowest BCUT2D eigenvalue weighted by molar-refractivity contribution is -0.170. The van der Waals surface area contributed by atoms with Crippen molar-refractivity contribution < 1.29 is 24.2 Å². The number of ether oxygens (including phenoxy) is 2. The number of hydrogen-bond donors (Lipinski definition) is 2. The molecule has 0 unspecified atom stereocenters. The van der Waals surface area contributed by atoms with E-state index in [0.717, 1.165) is 23.5 Å². The lowest BCUT2D eigenvalue weighted by atomic mass is 9.83. The molecule has 168 valence electrons. The Morgan fingerprint density at radius 3 is 2.65 bits per heavy atom. The maximum absolute atomic E-state index is 13.1. The molecule has 1 saturated carbocycles. The number of esters is 1. The van der Waals surface area contributed by atoms with Gasteiger partial charge in [0.25, 0.3) is 0 Å². The van der Waals surface area contributed by atoms with E-state index < -0.39 is 29.5 Å². The fraction of sp³-hybridized carbons (Fsp3) is 0.625. The van der Waals surface area contributed by atoms with Crippen LogP contribution in [0.15, 0.2) is 12.3 Å². The summed E-state index contributed by atoms with van der Waals surface area (Å²) in [6.45, 7) is 9.18. The van der Waals surface area contributed by atoms with Crippen LogP contribution in [0.25, 0.3) is 0 Å². The topological polar surface area (TPSA) is 97.8 Å². The molecular formula is C24H32N2O5. The molecule has 1 saturated heterocycles. The molecule has 7 heteroatoms. The highest BCUT2D eigenvalue weighted by Gasteiger charge is 2.59. The summed E-state index contributed by atoms with van der Waals surface area (Å²) < 4.78 is 11.6. The van der Waals surface area contributed by atoms with Crippen LogP contribution in [0.3, 0.4) is 0 Å². The van der Waals surface area contributed by atoms with Crippen molar-refractivity contribution in [1.29, 1.82) is 0 Å². The second kappa shape index (κ2) is 8.88. The molecule has 2 heterocycles. The Hall–Kier alpha value is -2.59. The molecule has 1 aromatic heterocycles. The van der Waals surface area contributed by atoms with Gasteiger partial charge in [0.2, 0.25) is 5.79 Å². The first kappa shape index (κ1) is 23.1. The zero-order valence-corrected chi connectivity index (χ0v) is 18.9. The number of pyridine rings is 1. The third-order valence-corrected chi connectivity index (χ3v) is 5.59. The number of carboxylic acid groups (broad SMARTS) is 1. The van der Waals surface area contributed by atoms with Gasteiger partial charge < -0.3 is 19.9 Å². The number of nitrogens with zero attached hydrogens (tertiary/aromatic N) is 1. The molecule has 1 amide bonds. The van der Waals surface area contributed by atoms with Crippen LogP contribution in [0.2, 0.25) is 0 Å². The van der Waals surface area contributed by atoms with E-state index in [1.807, 2.05) is 26.8 Å². The van der Waals surface area contributed by atoms with Crippen LogP contribution in [0, 0.1) is 30.6 Å². The first-order valence-electron chi connectivity index (χ1n) is 10.9. The van der Waals surface area contributed by atoms with Crippen molar-refractivity contribution in [2.24, 2.45) is 11.8 Å². The first-order chi connectivity index (χ1) is 14.5. The molecule has 0 spiro atoms. The summed E-state index contributed by atoms with van der Waals surface area (Å²) in [6, 6.07) is 1.08. The van der Waals surface area contributed by atoms with E-state index in [1.165, 1.54) is 12.8 Å². The monoisotopic (exact) mass is 428 g/mol. The molecule has 0 bridgehead atoms. The van der Waals surface area contributed by atoms with Gasteiger partial charge in [-0.3, -0.25) is 4.98 Å². The lowest BCUT2D eigenvalue weighted by Gasteiger charge is -2.35. The molecule has 0 radical (unpaired) electrons. The van der Waals surface area contributed by atoms with Gasteiger partial charge in [0.05, 0.1) is 6.04 Å². The molecule has 1 aromatic rings. The van der Waals surface area contributed by atoms with Gasteiger partial charge in [-0.15, -0.1) is 0 Å². The fourth-order valence-electron chi connectivity index (χ4n) is 3.92. The average Bonchev–Trinajstić information content (AvgIpc) is 3.42. The Kier molecular flexibility index (Phi) is 6.61. The van der Waals surface area contributed by atoms with Crippen LogP contribution >= 0.6 is 0 Å². The quantitative estimate of drug-likeness (QED) is 0.506. The summed E-state index contributed by atoms with van der Waals surface area (Å²) >= 11 is 0. The maximum Gasteiger partial charge on any atom is 0.404 e. The van der Waals surface area contributed by atoms with Crippen LogP contribution in [0.4, 0.5) is 4.79 Å². The minimum Gasteiger partial charge on any atom is -0.465 e. The van der Waals surface area contributed by atoms with Gasteiger partial charge in [0.1, 0.15) is 0 Å². The zero-order valence-electron chi connectivity index (χ0n) is 18.9. The van der Waals surface area contributed by atoms with Crippen molar-refractivity contribution >= 4 is 12.1 Å². The van der Waals surface area contributed by atoms with Crippen molar-refractivity contribution in [3.8, 4) is 11.8 Å². The Bertz CT molecular complexity index is 910. The second-order valence-corrected chi connectivity index (χ2v) is 9.53. The predicted molar refractivity (Wildman–Crippen MR) is 115 cm³/mol. The van der Waals surface area contributed by atoms with Gasteiger partial charge in [-0.05, 0) is 49.7 Å². The highest BCUT2D eigenvalue weighted by molar-refractivity contribution is 5.84. The number of nitrogens with one attached hydrogen (secondary N) is 1. The van der Waals surface area contributed by atoms with E-state index in [-0.39, 0.29) is 12.3 Å².